The Kier molecular flexibility index (Phi) is 8.15. The molecule has 0 fully saturated rings. The lowest BCUT2D eigenvalue weighted by Crippen LogP contribution is -2.42. The van der Waals surface area contributed by atoms with Gasteiger partial charge < -0.3 is 20.5 Å². The molecule has 2 atom stereocenters. The molecule has 0 rings (SSSR count). The minimum absolute atomic E-state index is 0.00352. The molecule has 108 valence electrons. The van der Waals surface area contributed by atoms with Crippen LogP contribution in [0.1, 0.15) is 34.1 Å². The van der Waals surface area contributed by atoms with Gasteiger partial charge >= 0.3 is 0 Å². The van der Waals surface area contributed by atoms with Crippen molar-refractivity contribution in [1.82, 2.24) is 10.6 Å². The largest absolute Gasteiger partial charge is 0.392 e. The maximum absolute atomic E-state index is 11.5. The Bertz CT molecular complexity index is 239. The van der Waals surface area contributed by atoms with Gasteiger partial charge in [-0.3, -0.25) is 4.79 Å². The van der Waals surface area contributed by atoms with Crippen LogP contribution < -0.4 is 10.6 Å². The van der Waals surface area contributed by atoms with Gasteiger partial charge in [0, 0.05) is 19.7 Å². The first-order chi connectivity index (χ1) is 8.24. The lowest BCUT2D eigenvalue weighted by Gasteiger charge is -2.22. The van der Waals surface area contributed by atoms with Gasteiger partial charge in [0.2, 0.25) is 5.91 Å². The van der Waals surface area contributed by atoms with Gasteiger partial charge in [-0.2, -0.15) is 0 Å². The Morgan fingerprint density at radius 3 is 2.50 bits per heavy atom. The highest BCUT2D eigenvalue weighted by Gasteiger charge is 2.16. The summed E-state index contributed by atoms with van der Waals surface area (Å²) in [4.78, 5) is 11.5. The highest BCUT2D eigenvalue weighted by Crippen LogP contribution is 2.20. The number of aliphatic hydroxyl groups is 1. The Labute approximate surface area is 110 Å². The molecule has 0 radical (unpaired) electrons. The summed E-state index contributed by atoms with van der Waals surface area (Å²) in [5.41, 5.74) is 0.0936. The first-order valence-electron chi connectivity index (χ1n) is 6.41. The second-order valence-electron chi connectivity index (χ2n) is 5.97. The minimum Gasteiger partial charge on any atom is -0.392 e. The molecule has 5 nitrogen and oxygen atoms in total. The number of carbonyl (C=O) groups excluding carboxylic acids is 1. The minimum atomic E-state index is -0.422. The summed E-state index contributed by atoms with van der Waals surface area (Å²) in [6.45, 7) is 9.27. The SMILES string of the molecule is COCC(C)NC(=O)CNCC(O)CC(C)(C)C. The summed E-state index contributed by atoms with van der Waals surface area (Å²) in [6, 6.07) is 0.00352. The van der Waals surface area contributed by atoms with Gasteiger partial charge in [-0.25, -0.2) is 0 Å². The maximum Gasteiger partial charge on any atom is 0.234 e. The van der Waals surface area contributed by atoms with Gasteiger partial charge in [-0.1, -0.05) is 20.8 Å². The molecule has 0 aliphatic rings. The third-order valence-electron chi connectivity index (χ3n) is 2.34. The van der Waals surface area contributed by atoms with E-state index in [0.29, 0.717) is 19.6 Å². The molecule has 0 saturated carbocycles. The van der Waals surface area contributed by atoms with Crippen LogP contribution in [0, 0.1) is 5.41 Å². The second-order valence-corrected chi connectivity index (χ2v) is 5.97. The molecule has 2 unspecified atom stereocenters. The molecule has 3 N–H and O–H groups in total. The zero-order valence-electron chi connectivity index (χ0n) is 12.2. The number of carbonyl (C=O) groups is 1. The number of ether oxygens (including phenoxy) is 1. The monoisotopic (exact) mass is 260 g/mol. The van der Waals surface area contributed by atoms with Crippen LogP contribution >= 0.6 is 0 Å². The van der Waals surface area contributed by atoms with E-state index in [9.17, 15) is 9.90 Å². The van der Waals surface area contributed by atoms with Gasteiger partial charge in [0.25, 0.3) is 0 Å². The number of methoxy groups -OCH3 is 1. The van der Waals surface area contributed by atoms with E-state index in [-0.39, 0.29) is 23.9 Å². The number of rotatable bonds is 8. The molecular formula is C13H28N2O3. The predicted molar refractivity (Wildman–Crippen MR) is 72.4 cm³/mol. The van der Waals surface area contributed by atoms with Crippen molar-refractivity contribution < 1.29 is 14.6 Å². The van der Waals surface area contributed by atoms with Crippen molar-refractivity contribution in [3.8, 4) is 0 Å². The van der Waals surface area contributed by atoms with Gasteiger partial charge in [-0.15, -0.1) is 0 Å². The summed E-state index contributed by atoms with van der Waals surface area (Å²) in [7, 11) is 1.60. The number of aliphatic hydroxyl groups excluding tert-OH is 1. The first kappa shape index (κ1) is 17.4. The van der Waals surface area contributed by atoms with Crippen LogP contribution in [0.4, 0.5) is 0 Å². The molecule has 0 aliphatic heterocycles. The van der Waals surface area contributed by atoms with Crippen LogP contribution in [0.15, 0.2) is 0 Å². The van der Waals surface area contributed by atoms with Crippen LogP contribution in [0.2, 0.25) is 0 Å². The van der Waals surface area contributed by atoms with Crippen LogP contribution in [0.5, 0.6) is 0 Å². The van der Waals surface area contributed by atoms with Crippen molar-refractivity contribution in [3.05, 3.63) is 0 Å². The molecular weight excluding hydrogens is 232 g/mol. The first-order valence-corrected chi connectivity index (χ1v) is 6.41. The van der Waals surface area contributed by atoms with Crippen molar-refractivity contribution in [1.29, 1.82) is 0 Å². The molecule has 0 spiro atoms. The summed E-state index contributed by atoms with van der Waals surface area (Å²) in [5.74, 6) is -0.0810. The molecule has 0 bridgehead atoms. The van der Waals surface area contributed by atoms with Crippen molar-refractivity contribution in [3.63, 3.8) is 0 Å². The van der Waals surface area contributed by atoms with E-state index >= 15 is 0 Å². The van der Waals surface area contributed by atoms with Crippen molar-refractivity contribution in [2.75, 3.05) is 26.8 Å². The van der Waals surface area contributed by atoms with Crippen molar-refractivity contribution >= 4 is 5.91 Å². The Morgan fingerprint density at radius 1 is 1.39 bits per heavy atom. The summed E-state index contributed by atoms with van der Waals surface area (Å²) in [5, 5.41) is 15.5. The van der Waals surface area contributed by atoms with E-state index in [0.717, 1.165) is 0 Å². The highest BCUT2D eigenvalue weighted by molar-refractivity contribution is 5.78. The highest BCUT2D eigenvalue weighted by atomic mass is 16.5. The molecule has 0 heterocycles. The third-order valence-corrected chi connectivity index (χ3v) is 2.34. The van der Waals surface area contributed by atoms with E-state index in [1.165, 1.54) is 0 Å². The summed E-state index contributed by atoms with van der Waals surface area (Å²) < 4.78 is 4.93. The average molecular weight is 260 g/mol. The fraction of sp³-hybridized carbons (Fsp3) is 0.923. The van der Waals surface area contributed by atoms with Crippen LogP contribution in [-0.2, 0) is 9.53 Å². The standard InChI is InChI=1S/C13H28N2O3/c1-10(9-18-5)15-12(17)8-14-7-11(16)6-13(2,3)4/h10-11,14,16H,6-9H2,1-5H3,(H,15,17). The van der Waals surface area contributed by atoms with Gasteiger partial charge in [0.1, 0.15) is 0 Å². The van der Waals surface area contributed by atoms with Gasteiger partial charge in [0.05, 0.1) is 19.3 Å². The zero-order chi connectivity index (χ0) is 14.2. The molecule has 0 aromatic rings. The van der Waals surface area contributed by atoms with Crippen LogP contribution in [0.3, 0.4) is 0 Å². The lowest BCUT2D eigenvalue weighted by molar-refractivity contribution is -0.121. The molecule has 1 amide bonds. The van der Waals surface area contributed by atoms with Gasteiger partial charge in [-0.05, 0) is 18.8 Å². The number of nitrogens with one attached hydrogen (secondary N) is 2. The van der Waals surface area contributed by atoms with Crippen LogP contribution in [0.25, 0.3) is 0 Å². The number of hydrogen-bond donors (Lipinski definition) is 3. The molecule has 5 heteroatoms. The molecule has 0 aromatic heterocycles. The number of hydrogen-bond acceptors (Lipinski definition) is 4. The van der Waals surface area contributed by atoms with E-state index in [2.05, 4.69) is 31.4 Å². The quantitative estimate of drug-likeness (QED) is 0.595. The van der Waals surface area contributed by atoms with E-state index < -0.39 is 6.10 Å². The Hall–Kier alpha value is -0.650. The van der Waals surface area contributed by atoms with Crippen molar-refractivity contribution in [2.45, 2.75) is 46.3 Å². The molecule has 0 aromatic carbocycles. The second kappa shape index (κ2) is 8.45. The number of amides is 1. The van der Waals surface area contributed by atoms with E-state index in [1.807, 2.05) is 6.92 Å². The van der Waals surface area contributed by atoms with Crippen molar-refractivity contribution in [2.24, 2.45) is 5.41 Å². The Morgan fingerprint density at radius 2 is 2.00 bits per heavy atom. The normalized spacial score (nSPS) is 15.2. The fourth-order valence-electron chi connectivity index (χ4n) is 1.75. The zero-order valence-corrected chi connectivity index (χ0v) is 12.2. The molecule has 0 saturated heterocycles. The molecule has 18 heavy (non-hydrogen) atoms. The summed E-state index contributed by atoms with van der Waals surface area (Å²) >= 11 is 0. The molecule has 0 aliphatic carbocycles. The third kappa shape index (κ3) is 10.5. The summed E-state index contributed by atoms with van der Waals surface area (Å²) in [6.07, 6.45) is 0.288. The topological polar surface area (TPSA) is 70.6 Å². The fourth-order valence-corrected chi connectivity index (χ4v) is 1.75. The average Bonchev–Trinajstić information content (AvgIpc) is 2.14. The van der Waals surface area contributed by atoms with Crippen LogP contribution in [-0.4, -0.2) is 50.0 Å². The van der Waals surface area contributed by atoms with E-state index in [4.69, 9.17) is 4.74 Å². The maximum atomic E-state index is 11.5. The Balaban J connectivity index is 3.68. The smallest absolute Gasteiger partial charge is 0.234 e. The predicted octanol–water partition coefficient (Wildman–Crippen LogP) is 0.524. The van der Waals surface area contributed by atoms with Gasteiger partial charge in [0.15, 0.2) is 0 Å². The lowest BCUT2D eigenvalue weighted by atomic mass is 9.89. The van der Waals surface area contributed by atoms with E-state index in [1.54, 1.807) is 7.11 Å².